The molecule has 1 unspecified atom stereocenters. The molecule has 36 heteroatoms. The van der Waals surface area contributed by atoms with Gasteiger partial charge in [0.15, 0.2) is 21.3 Å². The second-order valence-electron chi connectivity index (χ2n) is 25.4. The van der Waals surface area contributed by atoms with Gasteiger partial charge in [0.05, 0.1) is 45.8 Å². The SMILES string of the molecule is Cc1cc(CC(=O)C2[C@H](C(=O)O)CC[C@H]2C(=O)O)c(C(C)(C)CC(=O)N(c2nn(CC(F)(F)F)c3c(-c4ccc(C#CC(C)(C)S(C)(=O)=O)nc4[C@H](Cc4cc(F)cc(F)c4)NC(=O)Cn4nc(C(F)(F)F)c5c4C(F)(F)C4CC[C@H]54)ccc(Cl)c23)S(C)(=O)=O)c(OP(=O)(O)O)c1. The summed E-state index contributed by atoms with van der Waals surface area (Å²) < 4.78 is 222. The number of aliphatic carboxylic acids is 2. The molecule has 0 radical (unpaired) electrons. The van der Waals surface area contributed by atoms with Crippen molar-refractivity contribution in [3.63, 3.8) is 0 Å². The van der Waals surface area contributed by atoms with Crippen LogP contribution in [0.4, 0.5) is 49.7 Å². The predicted octanol–water partition coefficient (Wildman–Crippen LogP) is 10.0. The van der Waals surface area contributed by atoms with Crippen LogP contribution in [0.5, 0.6) is 5.75 Å². The fourth-order valence-corrected chi connectivity index (χ4v) is 14.8. The number of carbonyl (C=O) groups is 5. The van der Waals surface area contributed by atoms with E-state index in [4.69, 9.17) is 16.1 Å². The first-order valence-electron chi connectivity index (χ1n) is 29.2. The molecule has 22 nitrogen and oxygen atoms in total. The summed E-state index contributed by atoms with van der Waals surface area (Å²) in [6.45, 7) is 2.59. The number of aromatic nitrogens is 5. The highest BCUT2D eigenvalue weighted by Gasteiger charge is 2.64. The van der Waals surface area contributed by atoms with Crippen molar-refractivity contribution in [2.45, 2.75) is 133 Å². The number of carbonyl (C=O) groups excluding carboxylic acids is 3. The van der Waals surface area contributed by atoms with Crippen LogP contribution in [0, 0.1) is 54.1 Å². The minimum Gasteiger partial charge on any atom is -0.481 e. The number of phosphoric ester groups is 1. The van der Waals surface area contributed by atoms with Crippen molar-refractivity contribution in [2.75, 3.05) is 16.8 Å². The monoisotopic (exact) mass is 1450 g/mol. The zero-order chi connectivity index (χ0) is 72.2. The molecule has 6 aromatic rings. The maximum Gasteiger partial charge on any atom is 0.524 e. The van der Waals surface area contributed by atoms with Crippen molar-refractivity contribution in [2.24, 2.45) is 23.7 Å². The number of pyridine rings is 1. The van der Waals surface area contributed by atoms with Crippen molar-refractivity contribution < 1.29 is 114 Å². The molecule has 522 valence electrons. The van der Waals surface area contributed by atoms with Crippen LogP contribution in [0.15, 0.2) is 54.6 Å². The molecule has 0 spiro atoms. The maximum atomic E-state index is 16.1. The van der Waals surface area contributed by atoms with E-state index in [1.165, 1.54) is 40.7 Å². The lowest BCUT2D eigenvalue weighted by Crippen LogP contribution is -2.40. The summed E-state index contributed by atoms with van der Waals surface area (Å²) in [5.41, 5.74) is -9.32. The Morgan fingerprint density at radius 1 is 0.856 bits per heavy atom. The minimum absolute atomic E-state index is 0.0658. The average molecular weight is 1450 g/mol. The van der Waals surface area contributed by atoms with E-state index in [1.807, 2.05) is 0 Å². The van der Waals surface area contributed by atoms with Crippen LogP contribution in [0.2, 0.25) is 5.02 Å². The van der Waals surface area contributed by atoms with E-state index >= 15 is 35.5 Å². The zero-order valence-electron chi connectivity index (χ0n) is 51.9. The molecule has 5 atom stereocenters. The number of hydrogen-bond acceptors (Lipinski definition) is 14. The smallest absolute Gasteiger partial charge is 0.481 e. The summed E-state index contributed by atoms with van der Waals surface area (Å²) in [6.07, 6.45) is -12.9. The lowest BCUT2D eigenvalue weighted by Gasteiger charge is -2.34. The van der Waals surface area contributed by atoms with Crippen molar-refractivity contribution >= 4 is 85.5 Å². The van der Waals surface area contributed by atoms with Crippen molar-refractivity contribution in [3.05, 3.63) is 122 Å². The van der Waals surface area contributed by atoms with E-state index in [2.05, 4.69) is 32.3 Å². The molecule has 0 aliphatic heterocycles. The van der Waals surface area contributed by atoms with Crippen LogP contribution in [0.25, 0.3) is 22.0 Å². The van der Waals surface area contributed by atoms with Gasteiger partial charge in [-0.05, 0) is 118 Å². The van der Waals surface area contributed by atoms with Crippen molar-refractivity contribution in [3.8, 4) is 28.7 Å². The molecule has 3 aliphatic carbocycles. The summed E-state index contributed by atoms with van der Waals surface area (Å²) in [4.78, 5) is 93.5. The highest BCUT2D eigenvalue weighted by Crippen LogP contribution is 2.64. The molecule has 2 saturated carbocycles. The number of aryl methyl sites for hydroxylation is 1. The predicted molar refractivity (Wildman–Crippen MR) is 325 cm³/mol. The van der Waals surface area contributed by atoms with E-state index in [0.29, 0.717) is 12.3 Å². The highest BCUT2D eigenvalue weighted by molar-refractivity contribution is 7.93. The first-order valence-corrected chi connectivity index (χ1v) is 34.9. The molecule has 9 rings (SSSR count). The Balaban J connectivity index is 1.23. The Kier molecular flexibility index (Phi) is 19.4. The minimum atomic E-state index is -5.61. The van der Waals surface area contributed by atoms with Crippen LogP contribution >= 0.6 is 19.4 Å². The Labute approximate surface area is 550 Å². The van der Waals surface area contributed by atoms with Gasteiger partial charge in [-0.15, -0.1) is 0 Å². The summed E-state index contributed by atoms with van der Waals surface area (Å²) in [7, 11) is -14.8. The number of nitrogens with zero attached hydrogens (tertiary/aromatic N) is 6. The molecule has 3 aliphatic rings. The number of sulfonamides is 1. The third-order valence-corrected chi connectivity index (χ3v) is 21.1. The van der Waals surface area contributed by atoms with Gasteiger partial charge in [0, 0.05) is 64.7 Å². The molecule has 97 heavy (non-hydrogen) atoms. The zero-order valence-corrected chi connectivity index (χ0v) is 55.2. The van der Waals surface area contributed by atoms with Crippen LogP contribution in [-0.4, -0.2) is 114 Å². The van der Waals surface area contributed by atoms with Gasteiger partial charge in [0.2, 0.25) is 21.8 Å². The fourth-order valence-electron chi connectivity index (χ4n) is 13.0. The molecular weight excluding hydrogens is 1390 g/mol. The number of hydrogen-bond donors (Lipinski definition) is 5. The van der Waals surface area contributed by atoms with Gasteiger partial charge in [-0.1, -0.05) is 43.5 Å². The first-order chi connectivity index (χ1) is 44.5. The van der Waals surface area contributed by atoms with Crippen LogP contribution in [0.1, 0.15) is 122 Å². The molecule has 0 bridgehead atoms. The number of sulfone groups is 1. The first kappa shape index (κ1) is 73.3. The summed E-state index contributed by atoms with van der Waals surface area (Å²) in [5.74, 6) is -17.7. The van der Waals surface area contributed by atoms with Gasteiger partial charge in [-0.25, -0.2) is 35.2 Å². The molecule has 3 heterocycles. The fraction of sp³-hybridized carbons (Fsp3) is 0.443. The van der Waals surface area contributed by atoms with Crippen molar-refractivity contribution in [1.29, 1.82) is 0 Å². The van der Waals surface area contributed by atoms with Gasteiger partial charge < -0.3 is 20.1 Å². The number of Topliss-reactive ketones (excluding diaryl/α,β-unsaturated/α-hetero) is 1. The number of rotatable bonds is 21. The summed E-state index contributed by atoms with van der Waals surface area (Å²) >= 11 is 6.85. The van der Waals surface area contributed by atoms with E-state index in [-0.39, 0.29) is 56.0 Å². The maximum absolute atomic E-state index is 16.1. The number of amides is 2. The summed E-state index contributed by atoms with van der Waals surface area (Å²) in [5, 5.41) is 28.5. The lowest BCUT2D eigenvalue weighted by molar-refractivity contribution is -0.150. The second kappa shape index (κ2) is 25.7. The third-order valence-electron chi connectivity index (χ3n) is 17.4. The molecule has 3 aromatic carbocycles. The molecule has 0 saturated heterocycles. The number of fused-ring (bicyclic) bond motifs is 4. The normalized spacial score (nSPS) is 18.6. The van der Waals surface area contributed by atoms with Gasteiger partial charge in [-0.3, -0.25) is 43.1 Å². The number of carboxylic acid groups (broad SMARTS) is 2. The van der Waals surface area contributed by atoms with E-state index in [9.17, 15) is 73.7 Å². The molecule has 5 N–H and O–H groups in total. The Hall–Kier alpha value is -7.96. The number of benzene rings is 3. The van der Waals surface area contributed by atoms with E-state index < -0.39 is 238 Å². The standard InChI is InChI=1S/C61H59ClF10N7O15PS2/c1-28-18-30(23-42(80)46-37(55(83)84)10-11-38(46)56(85)86)49(43(19-28)94-95(87,88)89)57(2,3)25-45(82)79(97(7,92)93)54-48-40(62)15-13-35(51(48)78(76-54)27-59(65,66)67)34-9-8-33(16-17-58(4,5)96(6,90)91)73-50(34)41(22-29-20-31(63)24-32(64)21-29)74-44(81)26-77-53-47(52(75-77)61(70,71)72)36-12-14-39(36)60(53,68)69/h8-9,13,15,18-21,24,36-39,41,46H,10-12,14,22-23,25-27H2,1-7H3,(H,74,81)(H,83,84)(H,85,86)(H2,87,88,89)/t36-,37+,38+,39?,41-/m0/s1. The van der Waals surface area contributed by atoms with E-state index in [1.54, 1.807) is 0 Å². The van der Waals surface area contributed by atoms with Gasteiger partial charge >= 0.3 is 32.1 Å². The summed E-state index contributed by atoms with van der Waals surface area (Å²) in [6, 6.07) is 6.47. The Morgan fingerprint density at radius 2 is 1.46 bits per heavy atom. The highest BCUT2D eigenvalue weighted by atomic mass is 35.5. The van der Waals surface area contributed by atoms with Crippen LogP contribution in [-0.2, 0) is 91.8 Å². The molecular formula is C61H59ClF10N7O15PS2. The Bertz CT molecular complexity index is 4600. The Morgan fingerprint density at radius 3 is 2.00 bits per heavy atom. The number of nitrogens with one attached hydrogen (secondary N) is 1. The van der Waals surface area contributed by atoms with E-state index in [0.717, 1.165) is 48.7 Å². The number of phosphoric acid groups is 1. The number of ketones is 1. The topological polar surface area (TPSA) is 325 Å². The number of carboxylic acids is 2. The number of alkyl halides is 8. The van der Waals surface area contributed by atoms with Crippen LogP contribution in [0.3, 0.4) is 0 Å². The second-order valence-corrected chi connectivity index (χ2v) is 31.3. The lowest BCUT2D eigenvalue weighted by atomic mass is 9.73. The van der Waals surface area contributed by atoms with Gasteiger partial charge in [-0.2, -0.15) is 49.6 Å². The number of anilines is 1. The van der Waals surface area contributed by atoms with Crippen LogP contribution < -0.4 is 14.1 Å². The van der Waals surface area contributed by atoms with Crippen molar-refractivity contribution in [1.82, 2.24) is 29.9 Å². The average Bonchev–Trinajstić information content (AvgIpc) is 1.54. The van der Waals surface area contributed by atoms with Gasteiger partial charge in [0.25, 0.3) is 5.92 Å². The molecule has 2 fully saturated rings. The third kappa shape index (κ3) is 15.1. The van der Waals surface area contributed by atoms with Gasteiger partial charge in [0.1, 0.15) is 52.4 Å². The molecule has 3 aromatic heterocycles. The number of halogens is 11. The molecule has 2 amide bonds. The quantitative estimate of drug-likeness (QED) is 0.0254. The largest absolute Gasteiger partial charge is 0.524 e.